The predicted molar refractivity (Wildman–Crippen MR) is 111 cm³/mol. The monoisotopic (exact) mass is 427 g/mol. The first-order valence-electron chi connectivity index (χ1n) is 11.1. The van der Waals surface area contributed by atoms with E-state index in [4.69, 9.17) is 14.2 Å². The van der Waals surface area contributed by atoms with E-state index in [9.17, 15) is 4.79 Å². The molecule has 3 aliphatic heterocycles. The molecule has 0 aliphatic carbocycles. The summed E-state index contributed by atoms with van der Waals surface area (Å²) in [4.78, 5) is 14.4. The van der Waals surface area contributed by atoms with Crippen molar-refractivity contribution in [1.82, 2.24) is 25.2 Å². The highest BCUT2D eigenvalue weighted by Crippen LogP contribution is 2.33. The van der Waals surface area contributed by atoms with Crippen molar-refractivity contribution in [3.8, 4) is 5.75 Å². The summed E-state index contributed by atoms with van der Waals surface area (Å²) in [5.41, 5.74) is 1.49. The van der Waals surface area contributed by atoms with Gasteiger partial charge in [0.2, 0.25) is 0 Å². The molecule has 2 aromatic rings. The molecule has 1 spiro atoms. The van der Waals surface area contributed by atoms with Gasteiger partial charge in [-0.05, 0) is 37.8 Å². The van der Waals surface area contributed by atoms with E-state index in [0.29, 0.717) is 39.4 Å². The SMILES string of the molecule is O=C(NCC1CCCO1)N1CCC2(CC1)Cn1nnc(COc3ccccc3)c1CO2. The van der Waals surface area contributed by atoms with Crippen LogP contribution >= 0.6 is 0 Å². The van der Waals surface area contributed by atoms with E-state index in [1.165, 1.54) is 0 Å². The van der Waals surface area contributed by atoms with Crippen molar-refractivity contribution >= 4 is 6.03 Å². The normalized spacial score (nSPS) is 22.3. The zero-order valence-electron chi connectivity index (χ0n) is 17.7. The Hall–Kier alpha value is -2.65. The van der Waals surface area contributed by atoms with Gasteiger partial charge in [-0.3, -0.25) is 0 Å². The predicted octanol–water partition coefficient (Wildman–Crippen LogP) is 2.11. The van der Waals surface area contributed by atoms with Crippen LogP contribution in [-0.4, -0.2) is 63.9 Å². The van der Waals surface area contributed by atoms with Crippen molar-refractivity contribution in [2.24, 2.45) is 0 Å². The molecular weight excluding hydrogens is 398 g/mol. The summed E-state index contributed by atoms with van der Waals surface area (Å²) in [5.74, 6) is 0.808. The number of benzene rings is 1. The highest BCUT2D eigenvalue weighted by Gasteiger charge is 2.41. The molecule has 31 heavy (non-hydrogen) atoms. The standard InChI is InChI=1S/C22H29N5O4/c28-21(23-13-18-7-4-12-29-18)26-10-8-22(9-11-26)16-27-20(15-31-22)19(24-25-27)14-30-17-5-2-1-3-6-17/h1-3,5-6,18H,4,7-16H2,(H,23,28). The Labute approximate surface area is 181 Å². The van der Waals surface area contributed by atoms with Crippen molar-refractivity contribution in [1.29, 1.82) is 0 Å². The second kappa shape index (κ2) is 8.84. The fourth-order valence-electron chi connectivity index (χ4n) is 4.51. The van der Waals surface area contributed by atoms with Gasteiger partial charge in [0.1, 0.15) is 18.1 Å². The first kappa shape index (κ1) is 20.3. The lowest BCUT2D eigenvalue weighted by atomic mass is 9.90. The first-order valence-corrected chi connectivity index (χ1v) is 11.1. The maximum Gasteiger partial charge on any atom is 0.317 e. The number of para-hydroxylation sites is 1. The van der Waals surface area contributed by atoms with E-state index in [-0.39, 0.29) is 17.7 Å². The molecular formula is C22H29N5O4. The van der Waals surface area contributed by atoms with Gasteiger partial charge >= 0.3 is 6.03 Å². The molecule has 1 atom stereocenters. The summed E-state index contributed by atoms with van der Waals surface area (Å²) in [6, 6.07) is 9.68. The van der Waals surface area contributed by atoms with Crippen LogP contribution in [0.3, 0.4) is 0 Å². The largest absolute Gasteiger partial charge is 0.487 e. The van der Waals surface area contributed by atoms with Crippen LogP contribution in [-0.2, 0) is 29.2 Å². The lowest BCUT2D eigenvalue weighted by Gasteiger charge is -2.43. The molecule has 0 bridgehead atoms. The Morgan fingerprint density at radius 3 is 2.87 bits per heavy atom. The highest BCUT2D eigenvalue weighted by molar-refractivity contribution is 5.74. The van der Waals surface area contributed by atoms with Crippen molar-refractivity contribution in [3.63, 3.8) is 0 Å². The van der Waals surface area contributed by atoms with Crippen molar-refractivity contribution < 1.29 is 19.0 Å². The van der Waals surface area contributed by atoms with Gasteiger partial charge < -0.3 is 24.4 Å². The van der Waals surface area contributed by atoms with Crippen LogP contribution in [0.15, 0.2) is 30.3 Å². The lowest BCUT2D eigenvalue weighted by Crippen LogP contribution is -2.54. The number of amides is 2. The molecule has 0 saturated carbocycles. The van der Waals surface area contributed by atoms with Crippen molar-refractivity contribution in [3.05, 3.63) is 41.7 Å². The molecule has 2 fully saturated rings. The molecule has 9 nitrogen and oxygen atoms in total. The molecule has 1 N–H and O–H groups in total. The Balaban J connectivity index is 1.13. The molecule has 3 aliphatic rings. The lowest BCUT2D eigenvalue weighted by molar-refractivity contribution is -0.119. The Kier molecular flexibility index (Phi) is 5.78. The van der Waals surface area contributed by atoms with Gasteiger partial charge in [0.05, 0.1) is 30.6 Å². The average molecular weight is 428 g/mol. The third-order valence-corrected chi connectivity index (χ3v) is 6.46. The molecule has 1 aromatic heterocycles. The van der Waals surface area contributed by atoms with Gasteiger partial charge in [0, 0.05) is 26.2 Å². The zero-order chi connectivity index (χ0) is 21.1. The number of fused-ring (bicyclic) bond motifs is 1. The minimum Gasteiger partial charge on any atom is -0.487 e. The van der Waals surface area contributed by atoms with E-state index >= 15 is 0 Å². The quantitative estimate of drug-likeness (QED) is 0.786. The fraction of sp³-hybridized carbons (Fsp3) is 0.591. The topological polar surface area (TPSA) is 90.7 Å². The van der Waals surface area contributed by atoms with E-state index in [0.717, 1.165) is 49.4 Å². The summed E-state index contributed by atoms with van der Waals surface area (Å²) in [6.45, 7) is 4.23. The van der Waals surface area contributed by atoms with Crippen LogP contribution in [0.4, 0.5) is 4.79 Å². The second-order valence-electron chi connectivity index (χ2n) is 8.52. The molecule has 0 radical (unpaired) electrons. The van der Waals surface area contributed by atoms with Gasteiger partial charge in [-0.25, -0.2) is 9.48 Å². The summed E-state index contributed by atoms with van der Waals surface area (Å²) in [7, 11) is 0. The number of rotatable bonds is 5. The number of piperidine rings is 1. The van der Waals surface area contributed by atoms with Gasteiger partial charge in [0.15, 0.2) is 0 Å². The minimum absolute atomic E-state index is 0.0112. The summed E-state index contributed by atoms with van der Waals surface area (Å²) >= 11 is 0. The molecule has 1 aromatic carbocycles. The number of aromatic nitrogens is 3. The van der Waals surface area contributed by atoms with Crippen LogP contribution in [0.25, 0.3) is 0 Å². The minimum atomic E-state index is -0.288. The number of nitrogens with zero attached hydrogens (tertiary/aromatic N) is 4. The molecule has 5 rings (SSSR count). The maximum atomic E-state index is 12.5. The Morgan fingerprint density at radius 2 is 2.10 bits per heavy atom. The molecule has 166 valence electrons. The average Bonchev–Trinajstić information content (AvgIpc) is 3.47. The molecule has 4 heterocycles. The number of nitrogens with one attached hydrogen (secondary N) is 1. The Bertz CT molecular complexity index is 889. The molecule has 1 unspecified atom stereocenters. The highest BCUT2D eigenvalue weighted by atomic mass is 16.5. The van der Waals surface area contributed by atoms with Gasteiger partial charge in [0.25, 0.3) is 0 Å². The first-order chi connectivity index (χ1) is 15.2. The summed E-state index contributed by atoms with van der Waals surface area (Å²) in [5, 5.41) is 11.7. The van der Waals surface area contributed by atoms with Crippen molar-refractivity contribution in [2.45, 2.75) is 57.1 Å². The number of likely N-dealkylation sites (tertiary alicyclic amines) is 1. The number of carbonyl (C=O) groups is 1. The van der Waals surface area contributed by atoms with Gasteiger partial charge in [-0.1, -0.05) is 23.4 Å². The van der Waals surface area contributed by atoms with E-state index in [1.54, 1.807) is 0 Å². The molecule has 2 saturated heterocycles. The van der Waals surface area contributed by atoms with Crippen LogP contribution in [0, 0.1) is 0 Å². The van der Waals surface area contributed by atoms with Crippen LogP contribution in [0.1, 0.15) is 37.1 Å². The van der Waals surface area contributed by atoms with Crippen LogP contribution < -0.4 is 10.1 Å². The summed E-state index contributed by atoms with van der Waals surface area (Å²) in [6.07, 6.45) is 3.84. The molecule has 2 amide bonds. The van der Waals surface area contributed by atoms with Gasteiger partial charge in [-0.15, -0.1) is 5.10 Å². The number of urea groups is 1. The van der Waals surface area contributed by atoms with Crippen LogP contribution in [0.5, 0.6) is 5.75 Å². The number of ether oxygens (including phenoxy) is 3. The Morgan fingerprint density at radius 1 is 1.26 bits per heavy atom. The third-order valence-electron chi connectivity index (χ3n) is 6.46. The van der Waals surface area contributed by atoms with Gasteiger partial charge in [-0.2, -0.15) is 0 Å². The van der Waals surface area contributed by atoms with Crippen molar-refractivity contribution in [2.75, 3.05) is 26.2 Å². The fourth-order valence-corrected chi connectivity index (χ4v) is 4.51. The van der Waals surface area contributed by atoms with E-state index < -0.39 is 0 Å². The smallest absolute Gasteiger partial charge is 0.317 e. The molecule has 9 heteroatoms. The second-order valence-corrected chi connectivity index (χ2v) is 8.52. The van der Waals surface area contributed by atoms with E-state index in [2.05, 4.69) is 15.6 Å². The zero-order valence-corrected chi connectivity index (χ0v) is 17.7. The third kappa shape index (κ3) is 4.52. The number of hydrogen-bond donors (Lipinski definition) is 1. The summed E-state index contributed by atoms with van der Waals surface area (Å²) < 4.78 is 19.7. The maximum absolute atomic E-state index is 12.5. The van der Waals surface area contributed by atoms with Crippen LogP contribution in [0.2, 0.25) is 0 Å². The number of carbonyl (C=O) groups excluding carboxylic acids is 1. The number of hydrogen-bond acceptors (Lipinski definition) is 6. The van der Waals surface area contributed by atoms with E-state index in [1.807, 2.05) is 39.9 Å².